The summed E-state index contributed by atoms with van der Waals surface area (Å²) in [7, 11) is -1.52. The lowest BCUT2D eigenvalue weighted by atomic mass is 10.0. The van der Waals surface area contributed by atoms with Crippen molar-refractivity contribution < 1.29 is 8.42 Å². The van der Waals surface area contributed by atoms with Crippen LogP contribution in [0.1, 0.15) is 19.8 Å². The molecule has 108 valence electrons. The molecule has 2 aliphatic rings. The molecule has 0 bridgehead atoms. The van der Waals surface area contributed by atoms with E-state index in [2.05, 4.69) is 12.2 Å². The summed E-state index contributed by atoms with van der Waals surface area (Å²) >= 11 is 0. The molecule has 5 nitrogen and oxygen atoms in total. The smallest absolute Gasteiger partial charge is 0.281 e. The van der Waals surface area contributed by atoms with Gasteiger partial charge in [-0.25, -0.2) is 0 Å². The van der Waals surface area contributed by atoms with Gasteiger partial charge in [-0.05, 0) is 31.3 Å². The van der Waals surface area contributed by atoms with Crippen LogP contribution in [0.2, 0.25) is 0 Å². The fraction of sp³-hybridized carbons (Fsp3) is 1.00. The molecule has 0 amide bonds. The van der Waals surface area contributed by atoms with E-state index in [1.54, 1.807) is 11.4 Å². The van der Waals surface area contributed by atoms with E-state index in [1.165, 1.54) is 4.31 Å². The zero-order valence-corrected chi connectivity index (χ0v) is 12.8. The summed E-state index contributed by atoms with van der Waals surface area (Å²) in [5.41, 5.74) is 0. The second-order valence-corrected chi connectivity index (χ2v) is 7.21. The van der Waals surface area contributed by atoms with Gasteiger partial charge in [0, 0.05) is 26.7 Å². The predicted octanol–water partition coefficient (Wildman–Crippen LogP) is 0.536. The summed E-state index contributed by atoms with van der Waals surface area (Å²) in [6, 6.07) is 0. The minimum atomic E-state index is -3.21. The Morgan fingerprint density at radius 3 is 2.33 bits per heavy atom. The van der Waals surface area contributed by atoms with Gasteiger partial charge >= 0.3 is 0 Å². The Bertz CT molecular complexity index is 351. The molecule has 0 aromatic carbocycles. The maximum absolute atomic E-state index is 12.3. The van der Waals surface area contributed by atoms with Crippen LogP contribution in [0.5, 0.6) is 0 Å². The van der Waals surface area contributed by atoms with Gasteiger partial charge < -0.3 is 5.32 Å². The van der Waals surface area contributed by atoms with Crippen molar-refractivity contribution in [2.45, 2.75) is 19.8 Å². The van der Waals surface area contributed by atoms with Crippen LogP contribution in [-0.4, -0.2) is 56.8 Å². The number of hydrogen-bond donors (Lipinski definition) is 1. The van der Waals surface area contributed by atoms with Crippen molar-refractivity contribution >= 4 is 22.6 Å². The average molecular weight is 298 g/mol. The fourth-order valence-corrected chi connectivity index (χ4v) is 4.21. The summed E-state index contributed by atoms with van der Waals surface area (Å²) in [5.74, 6) is 1.04. The van der Waals surface area contributed by atoms with Crippen molar-refractivity contribution in [3.8, 4) is 0 Å². The van der Waals surface area contributed by atoms with Gasteiger partial charge in [0.25, 0.3) is 10.2 Å². The second-order valence-electron chi connectivity index (χ2n) is 5.18. The third-order valence-electron chi connectivity index (χ3n) is 3.90. The van der Waals surface area contributed by atoms with E-state index in [1.807, 2.05) is 0 Å². The molecule has 0 aliphatic carbocycles. The van der Waals surface area contributed by atoms with Gasteiger partial charge in [-0.2, -0.15) is 17.0 Å². The van der Waals surface area contributed by atoms with Crippen molar-refractivity contribution in [3.05, 3.63) is 0 Å². The molecule has 2 aliphatic heterocycles. The first-order valence-corrected chi connectivity index (χ1v) is 7.87. The summed E-state index contributed by atoms with van der Waals surface area (Å²) in [4.78, 5) is 0. The van der Waals surface area contributed by atoms with Gasteiger partial charge in [-0.1, -0.05) is 13.3 Å². The van der Waals surface area contributed by atoms with Gasteiger partial charge in [0.15, 0.2) is 0 Å². The molecule has 0 spiro atoms. The van der Waals surface area contributed by atoms with Gasteiger partial charge in [0.1, 0.15) is 0 Å². The highest BCUT2D eigenvalue weighted by atomic mass is 35.5. The Morgan fingerprint density at radius 1 is 1.28 bits per heavy atom. The van der Waals surface area contributed by atoms with Crippen LogP contribution < -0.4 is 5.32 Å². The minimum absolute atomic E-state index is 0. The van der Waals surface area contributed by atoms with Crippen molar-refractivity contribution in [1.82, 2.24) is 13.9 Å². The van der Waals surface area contributed by atoms with Gasteiger partial charge in [-0.3, -0.25) is 0 Å². The molecule has 2 atom stereocenters. The van der Waals surface area contributed by atoms with E-state index in [9.17, 15) is 8.42 Å². The summed E-state index contributed by atoms with van der Waals surface area (Å²) < 4.78 is 27.8. The van der Waals surface area contributed by atoms with Gasteiger partial charge in [-0.15, -0.1) is 12.4 Å². The van der Waals surface area contributed by atoms with Crippen LogP contribution in [0.15, 0.2) is 0 Å². The molecule has 2 saturated heterocycles. The molecular weight excluding hydrogens is 274 g/mol. The van der Waals surface area contributed by atoms with Crippen LogP contribution in [0.4, 0.5) is 0 Å². The largest absolute Gasteiger partial charge is 0.316 e. The van der Waals surface area contributed by atoms with Crippen molar-refractivity contribution in [2.75, 3.05) is 39.8 Å². The van der Waals surface area contributed by atoms with Crippen LogP contribution in [0.3, 0.4) is 0 Å². The van der Waals surface area contributed by atoms with Crippen molar-refractivity contribution in [3.63, 3.8) is 0 Å². The third-order valence-corrected chi connectivity index (χ3v) is 5.82. The standard InChI is InChI=1S/C11H23N3O2S.ClH/c1-3-4-5-13(2)17(15,16)14-8-10-6-12-7-11(10)9-14;/h10-12H,3-9H2,1-2H3;1H/t10-,11+;. The topological polar surface area (TPSA) is 52.7 Å². The number of halogens is 1. The number of unbranched alkanes of at least 4 members (excludes halogenated alkanes) is 1. The molecule has 1 N–H and O–H groups in total. The Balaban J connectivity index is 0.00000162. The predicted molar refractivity (Wildman–Crippen MR) is 75.1 cm³/mol. The molecule has 0 aromatic heterocycles. The molecule has 7 heteroatoms. The van der Waals surface area contributed by atoms with Gasteiger partial charge in [0.2, 0.25) is 0 Å². The van der Waals surface area contributed by atoms with E-state index in [0.717, 1.165) is 25.9 Å². The maximum atomic E-state index is 12.3. The Kier molecular flexibility index (Phi) is 5.86. The molecule has 0 unspecified atom stereocenters. The molecule has 0 aromatic rings. The van der Waals surface area contributed by atoms with Crippen molar-refractivity contribution in [1.29, 1.82) is 0 Å². The average Bonchev–Trinajstić information content (AvgIpc) is 2.85. The Labute approximate surface area is 116 Å². The zero-order chi connectivity index (χ0) is 12.5. The third kappa shape index (κ3) is 3.17. The summed E-state index contributed by atoms with van der Waals surface area (Å²) in [6.45, 7) is 6.02. The van der Waals surface area contributed by atoms with Crippen molar-refractivity contribution in [2.24, 2.45) is 11.8 Å². The molecule has 0 saturated carbocycles. The number of hydrogen-bond acceptors (Lipinski definition) is 3. The highest BCUT2D eigenvalue weighted by molar-refractivity contribution is 7.86. The number of nitrogens with zero attached hydrogens (tertiary/aromatic N) is 2. The first kappa shape index (κ1) is 16.2. The normalized spacial score (nSPS) is 28.4. The lowest BCUT2D eigenvalue weighted by molar-refractivity contribution is 0.377. The van der Waals surface area contributed by atoms with Crippen LogP contribution >= 0.6 is 12.4 Å². The van der Waals surface area contributed by atoms with Gasteiger partial charge in [0.05, 0.1) is 0 Å². The first-order chi connectivity index (χ1) is 8.05. The molecule has 2 rings (SSSR count). The first-order valence-electron chi connectivity index (χ1n) is 6.47. The van der Waals surface area contributed by atoms with E-state index in [0.29, 0.717) is 31.5 Å². The zero-order valence-electron chi connectivity index (χ0n) is 11.1. The van der Waals surface area contributed by atoms with Crippen LogP contribution in [0.25, 0.3) is 0 Å². The highest BCUT2D eigenvalue weighted by Gasteiger charge is 2.42. The fourth-order valence-electron chi connectivity index (χ4n) is 2.69. The monoisotopic (exact) mass is 297 g/mol. The lowest BCUT2D eigenvalue weighted by Gasteiger charge is -2.24. The minimum Gasteiger partial charge on any atom is -0.316 e. The molecule has 0 radical (unpaired) electrons. The Hall–Kier alpha value is 0.120. The van der Waals surface area contributed by atoms with E-state index < -0.39 is 10.2 Å². The molecule has 18 heavy (non-hydrogen) atoms. The maximum Gasteiger partial charge on any atom is 0.281 e. The Morgan fingerprint density at radius 2 is 1.83 bits per heavy atom. The SMILES string of the molecule is CCCCN(C)S(=O)(=O)N1C[C@H]2CNC[C@H]2C1.Cl. The molecule has 2 heterocycles. The quantitative estimate of drug-likeness (QED) is 0.806. The van der Waals surface area contributed by atoms with E-state index in [4.69, 9.17) is 0 Å². The van der Waals surface area contributed by atoms with E-state index >= 15 is 0 Å². The lowest BCUT2D eigenvalue weighted by Crippen LogP contribution is -2.42. The van der Waals surface area contributed by atoms with E-state index in [-0.39, 0.29) is 12.4 Å². The number of fused-ring (bicyclic) bond motifs is 1. The second kappa shape index (κ2) is 6.52. The number of rotatable bonds is 5. The highest BCUT2D eigenvalue weighted by Crippen LogP contribution is 2.28. The van der Waals surface area contributed by atoms with Crippen LogP contribution in [0, 0.1) is 11.8 Å². The summed E-state index contributed by atoms with van der Waals surface area (Å²) in [5, 5.41) is 3.32. The molecular formula is C11H24ClN3O2S. The summed E-state index contributed by atoms with van der Waals surface area (Å²) in [6.07, 6.45) is 1.95. The molecule has 2 fully saturated rings. The number of nitrogens with one attached hydrogen (secondary N) is 1. The van der Waals surface area contributed by atoms with Crippen LogP contribution in [-0.2, 0) is 10.2 Å².